The first-order chi connectivity index (χ1) is 8.22. The summed E-state index contributed by atoms with van der Waals surface area (Å²) in [4.78, 5) is 5.22. The van der Waals surface area contributed by atoms with E-state index in [1.165, 1.54) is 0 Å². The second kappa shape index (κ2) is 5.27. The van der Waals surface area contributed by atoms with E-state index in [-0.39, 0.29) is 6.04 Å². The monoisotopic (exact) mass is 236 g/mol. The molecule has 2 rings (SSSR count). The van der Waals surface area contributed by atoms with Gasteiger partial charge in [-0.25, -0.2) is 0 Å². The number of benzene rings is 1. The molecule has 1 saturated heterocycles. The van der Waals surface area contributed by atoms with Crippen LogP contribution in [-0.2, 0) is 4.84 Å². The number of hydrogen-bond acceptors (Lipinski definition) is 5. The quantitative estimate of drug-likeness (QED) is 0.470. The lowest BCUT2D eigenvalue weighted by atomic mass is 10.0. The summed E-state index contributed by atoms with van der Waals surface area (Å²) in [6.45, 7) is 2.49. The Morgan fingerprint density at radius 2 is 2.18 bits per heavy atom. The van der Waals surface area contributed by atoms with Gasteiger partial charge in [-0.3, -0.25) is 4.84 Å². The first-order valence-corrected chi connectivity index (χ1v) is 5.61. The molecule has 0 aromatic heterocycles. The molecule has 0 aliphatic carbocycles. The van der Waals surface area contributed by atoms with Crippen molar-refractivity contribution in [2.45, 2.75) is 25.7 Å². The third-order valence-corrected chi connectivity index (χ3v) is 2.86. The van der Waals surface area contributed by atoms with Gasteiger partial charge in [0.2, 0.25) is 0 Å². The fraction of sp³-hybridized carbons (Fsp3) is 0.417. The van der Waals surface area contributed by atoms with E-state index in [9.17, 15) is 5.11 Å². The summed E-state index contributed by atoms with van der Waals surface area (Å²) in [6.07, 6.45) is -0.189. The van der Waals surface area contributed by atoms with Crippen LogP contribution in [-0.4, -0.2) is 40.0 Å². The smallest absolute Gasteiger partial charge is 0.176 e. The van der Waals surface area contributed by atoms with E-state index in [1.54, 1.807) is 5.06 Å². The second-order valence-electron chi connectivity index (χ2n) is 4.02. The van der Waals surface area contributed by atoms with E-state index in [0.29, 0.717) is 18.7 Å². The van der Waals surface area contributed by atoms with E-state index in [4.69, 9.17) is 10.0 Å². The minimum atomic E-state index is -0.756. The molecule has 5 nitrogen and oxygen atoms in total. The average molecular weight is 236 g/mol. The molecule has 1 fully saturated rings. The van der Waals surface area contributed by atoms with Gasteiger partial charge >= 0.3 is 0 Å². The Labute approximate surface area is 99.9 Å². The van der Waals surface area contributed by atoms with Gasteiger partial charge in [0.1, 0.15) is 5.71 Å². The van der Waals surface area contributed by atoms with Gasteiger partial charge in [0.25, 0.3) is 0 Å². The molecular formula is C12H16N2O3. The molecule has 0 radical (unpaired) electrons. The number of aliphatic hydroxyl groups is 1. The van der Waals surface area contributed by atoms with Crippen molar-refractivity contribution < 1.29 is 15.2 Å². The predicted molar refractivity (Wildman–Crippen MR) is 62.6 cm³/mol. The molecular weight excluding hydrogens is 220 g/mol. The fourth-order valence-corrected chi connectivity index (χ4v) is 1.91. The van der Waals surface area contributed by atoms with E-state index < -0.39 is 6.29 Å². The predicted octanol–water partition coefficient (Wildman–Crippen LogP) is 1.21. The van der Waals surface area contributed by atoms with Gasteiger partial charge < -0.3 is 10.3 Å². The largest absolute Gasteiger partial charge is 0.411 e. The van der Waals surface area contributed by atoms with E-state index in [0.717, 1.165) is 5.56 Å². The van der Waals surface area contributed by atoms with Crippen LogP contribution in [0.15, 0.2) is 35.5 Å². The number of aliphatic hydroxyl groups excluding tert-OH is 1. The average Bonchev–Trinajstić information content (AvgIpc) is 2.78. The van der Waals surface area contributed by atoms with Crippen molar-refractivity contribution in [1.82, 2.24) is 5.06 Å². The van der Waals surface area contributed by atoms with Crippen molar-refractivity contribution in [1.29, 1.82) is 0 Å². The number of hydroxylamine groups is 2. The van der Waals surface area contributed by atoms with Gasteiger partial charge in [0.05, 0.1) is 6.04 Å². The lowest BCUT2D eigenvalue weighted by Crippen LogP contribution is -2.37. The molecule has 1 heterocycles. The molecule has 1 aliphatic rings. The number of oxime groups is 1. The summed E-state index contributed by atoms with van der Waals surface area (Å²) in [5, 5.41) is 23.4. The first kappa shape index (κ1) is 12.0. The second-order valence-corrected chi connectivity index (χ2v) is 4.02. The highest BCUT2D eigenvalue weighted by Gasteiger charge is 2.29. The number of nitrogens with zero attached hydrogens (tertiary/aromatic N) is 2. The van der Waals surface area contributed by atoms with Crippen LogP contribution in [0, 0.1) is 0 Å². The van der Waals surface area contributed by atoms with Gasteiger partial charge in [-0.15, -0.1) is 0 Å². The summed E-state index contributed by atoms with van der Waals surface area (Å²) >= 11 is 0. The zero-order valence-corrected chi connectivity index (χ0v) is 9.65. The van der Waals surface area contributed by atoms with Crippen molar-refractivity contribution in [3.8, 4) is 0 Å². The number of hydrogen-bond donors (Lipinski definition) is 2. The minimum Gasteiger partial charge on any atom is -0.411 e. The fourth-order valence-electron chi connectivity index (χ4n) is 1.91. The topological polar surface area (TPSA) is 65.3 Å². The molecule has 1 aromatic rings. The molecule has 0 unspecified atom stereocenters. The zero-order chi connectivity index (χ0) is 12.3. The highest BCUT2D eigenvalue weighted by Crippen LogP contribution is 2.17. The summed E-state index contributed by atoms with van der Waals surface area (Å²) in [7, 11) is 0. The van der Waals surface area contributed by atoms with Crippen LogP contribution in [0.4, 0.5) is 0 Å². The lowest BCUT2D eigenvalue weighted by Gasteiger charge is -2.23. The maximum absolute atomic E-state index is 9.31. The van der Waals surface area contributed by atoms with Crippen LogP contribution in [0.3, 0.4) is 0 Å². The van der Waals surface area contributed by atoms with Gasteiger partial charge in [-0.2, -0.15) is 5.06 Å². The van der Waals surface area contributed by atoms with E-state index in [1.807, 2.05) is 37.3 Å². The van der Waals surface area contributed by atoms with Crippen LogP contribution in [0.5, 0.6) is 0 Å². The molecule has 0 spiro atoms. The third-order valence-electron chi connectivity index (χ3n) is 2.86. The van der Waals surface area contributed by atoms with Crippen LogP contribution >= 0.6 is 0 Å². The van der Waals surface area contributed by atoms with Gasteiger partial charge in [-0.05, 0) is 6.92 Å². The van der Waals surface area contributed by atoms with Gasteiger partial charge in [0, 0.05) is 18.5 Å². The van der Waals surface area contributed by atoms with Gasteiger partial charge in [0.15, 0.2) is 6.29 Å². The summed E-state index contributed by atoms with van der Waals surface area (Å²) in [5.74, 6) is 0. The van der Waals surface area contributed by atoms with Gasteiger partial charge in [-0.1, -0.05) is 35.5 Å². The lowest BCUT2D eigenvalue weighted by molar-refractivity contribution is -0.218. The van der Waals surface area contributed by atoms with Crippen LogP contribution < -0.4 is 0 Å². The Kier molecular flexibility index (Phi) is 3.73. The van der Waals surface area contributed by atoms with Crippen LogP contribution in [0.1, 0.15) is 18.9 Å². The molecule has 17 heavy (non-hydrogen) atoms. The normalized spacial score (nSPS) is 23.9. The molecule has 2 N–H and O–H groups in total. The maximum Gasteiger partial charge on any atom is 0.176 e. The van der Waals surface area contributed by atoms with Crippen molar-refractivity contribution in [2.75, 3.05) is 6.54 Å². The van der Waals surface area contributed by atoms with Crippen LogP contribution in [0.2, 0.25) is 0 Å². The molecule has 92 valence electrons. The van der Waals surface area contributed by atoms with E-state index in [2.05, 4.69) is 5.16 Å². The SMILES string of the molecule is C[C@@H](/C(=N\O)c1ccccc1)N1CC[C@@H](O)O1. The van der Waals surface area contributed by atoms with E-state index >= 15 is 0 Å². The van der Waals surface area contributed by atoms with Crippen molar-refractivity contribution >= 4 is 5.71 Å². The zero-order valence-electron chi connectivity index (χ0n) is 9.65. The van der Waals surface area contributed by atoms with Crippen molar-refractivity contribution in [2.24, 2.45) is 5.16 Å². The van der Waals surface area contributed by atoms with Crippen LogP contribution in [0.25, 0.3) is 0 Å². The molecule has 0 amide bonds. The Hall–Kier alpha value is -1.43. The molecule has 1 aliphatic heterocycles. The van der Waals surface area contributed by atoms with Crippen molar-refractivity contribution in [3.63, 3.8) is 0 Å². The Balaban J connectivity index is 2.14. The maximum atomic E-state index is 9.31. The minimum absolute atomic E-state index is 0.209. The molecule has 1 aromatic carbocycles. The Morgan fingerprint density at radius 3 is 2.71 bits per heavy atom. The third kappa shape index (κ3) is 2.63. The summed E-state index contributed by atoms with van der Waals surface area (Å²) in [6, 6.07) is 9.20. The summed E-state index contributed by atoms with van der Waals surface area (Å²) in [5.41, 5.74) is 1.37. The highest BCUT2D eigenvalue weighted by molar-refractivity contribution is 6.03. The van der Waals surface area contributed by atoms with Crippen molar-refractivity contribution in [3.05, 3.63) is 35.9 Å². The number of rotatable bonds is 3. The molecule has 0 bridgehead atoms. The Bertz CT molecular complexity index is 394. The highest BCUT2D eigenvalue weighted by atomic mass is 16.8. The summed E-state index contributed by atoms with van der Waals surface area (Å²) < 4.78 is 0. The molecule has 0 saturated carbocycles. The molecule has 5 heteroatoms. The standard InChI is InChI=1S/C12H16N2O3/c1-9(14-8-7-11(15)17-14)12(13-16)10-5-3-2-4-6-10/h2-6,9,11,15-16H,7-8H2,1H3/b13-12+/t9-,11-/m0/s1. The first-order valence-electron chi connectivity index (χ1n) is 5.61. The molecule has 2 atom stereocenters. The Morgan fingerprint density at radius 1 is 1.47 bits per heavy atom.